The maximum atomic E-state index is 13.6. The zero-order valence-corrected chi connectivity index (χ0v) is 28.9. The molecule has 48 heavy (non-hydrogen) atoms. The lowest BCUT2D eigenvalue weighted by atomic mass is 9.65. The van der Waals surface area contributed by atoms with Crippen LogP contribution in [-0.4, -0.2) is 61.0 Å². The van der Waals surface area contributed by atoms with Crippen molar-refractivity contribution in [1.29, 1.82) is 0 Å². The molecule has 2 fully saturated rings. The van der Waals surface area contributed by atoms with E-state index in [0.717, 1.165) is 25.2 Å². The standard InChI is InChI=1S/C34H45N7O6S/c1-19-14-21-8-6-9-22(15-21)28(19)38-27(43)17-40-13-7-10-24(32(40)47)37-29(44)23(11-12-26(42)31(46)39-34(3,4)5)36-30(45)25-18-48-33-35-20(2)16-41(25)33/h7,10,13,16,18-19,21-23,28H,6,8-9,11-12,14-15,17H2,1-5H3,(H,36,45)(H,37,44)(H,38,43)(H,39,46)/t19?,21?,22?,23-,28?/m0/s1. The molecule has 5 atom stereocenters. The normalized spacial score (nSPS) is 21.3. The molecule has 0 aliphatic heterocycles. The molecule has 258 valence electrons. The summed E-state index contributed by atoms with van der Waals surface area (Å²) in [5.41, 5.74) is -0.354. The lowest BCUT2D eigenvalue weighted by Crippen LogP contribution is -2.50. The Morgan fingerprint density at radius 2 is 1.90 bits per heavy atom. The molecule has 0 spiro atoms. The van der Waals surface area contributed by atoms with Crippen LogP contribution in [0.15, 0.2) is 34.7 Å². The van der Waals surface area contributed by atoms with Crippen molar-refractivity contribution in [3.63, 3.8) is 0 Å². The Hall–Kier alpha value is -4.33. The third-order valence-corrected chi connectivity index (χ3v) is 9.99. The molecule has 3 heterocycles. The van der Waals surface area contributed by atoms with E-state index in [4.69, 9.17) is 0 Å². The summed E-state index contributed by atoms with van der Waals surface area (Å²) in [4.78, 5) is 83.5. The fourth-order valence-corrected chi connectivity index (χ4v) is 7.89. The van der Waals surface area contributed by atoms with E-state index in [1.54, 1.807) is 49.7 Å². The molecule has 2 saturated carbocycles. The Morgan fingerprint density at radius 3 is 2.65 bits per heavy atom. The second-order valence-corrected chi connectivity index (χ2v) is 15.1. The lowest BCUT2D eigenvalue weighted by molar-refractivity contribution is -0.139. The topological polar surface area (TPSA) is 173 Å². The maximum absolute atomic E-state index is 13.6. The second-order valence-electron chi connectivity index (χ2n) is 14.3. The van der Waals surface area contributed by atoms with Crippen LogP contribution in [0.2, 0.25) is 0 Å². The number of nitrogens with zero attached hydrogens (tertiary/aromatic N) is 3. The fraction of sp³-hybridized carbons (Fsp3) is 0.559. The summed E-state index contributed by atoms with van der Waals surface area (Å²) >= 11 is 1.26. The average molecular weight is 680 g/mol. The highest BCUT2D eigenvalue weighted by molar-refractivity contribution is 7.15. The number of rotatable bonds is 11. The van der Waals surface area contributed by atoms with Crippen LogP contribution in [0.3, 0.4) is 0 Å². The summed E-state index contributed by atoms with van der Waals surface area (Å²) in [5, 5.41) is 12.6. The minimum atomic E-state index is -1.27. The van der Waals surface area contributed by atoms with Crippen molar-refractivity contribution in [2.75, 3.05) is 5.32 Å². The van der Waals surface area contributed by atoms with Crippen molar-refractivity contribution in [2.45, 2.75) is 104 Å². The van der Waals surface area contributed by atoms with Crippen molar-refractivity contribution >= 4 is 51.4 Å². The second kappa shape index (κ2) is 14.4. The third-order valence-electron chi connectivity index (χ3n) is 9.15. The van der Waals surface area contributed by atoms with Crippen LogP contribution >= 0.6 is 11.3 Å². The SMILES string of the molecule is Cc1cn2c(C(=O)N[C@@H](CCC(=O)C(=O)NC(C)(C)C)C(=O)Nc3cccn(CC(=O)NC4C(C)CC5CCCC4C5)c3=O)csc2n1. The van der Waals surface area contributed by atoms with Gasteiger partial charge < -0.3 is 25.8 Å². The molecule has 5 rings (SSSR count). The molecular formula is C34H45N7O6S. The van der Waals surface area contributed by atoms with E-state index in [-0.39, 0.29) is 42.7 Å². The number of carbonyl (C=O) groups is 5. The molecule has 0 saturated heterocycles. The van der Waals surface area contributed by atoms with Crippen molar-refractivity contribution in [1.82, 2.24) is 29.9 Å². The van der Waals surface area contributed by atoms with E-state index in [9.17, 15) is 28.8 Å². The van der Waals surface area contributed by atoms with Crippen LogP contribution in [0, 0.1) is 24.7 Å². The number of hydrogen-bond donors (Lipinski definition) is 4. The number of anilines is 1. The number of hydrogen-bond acceptors (Lipinski definition) is 8. The van der Waals surface area contributed by atoms with Gasteiger partial charge in [-0.2, -0.15) is 0 Å². The van der Waals surface area contributed by atoms with Crippen molar-refractivity contribution in [3.05, 3.63) is 51.6 Å². The number of nitrogens with one attached hydrogen (secondary N) is 4. The molecule has 0 aromatic carbocycles. The molecule has 13 nitrogen and oxygen atoms in total. The van der Waals surface area contributed by atoms with Crippen molar-refractivity contribution < 1.29 is 24.0 Å². The van der Waals surface area contributed by atoms with Gasteiger partial charge in [-0.1, -0.05) is 19.8 Å². The highest BCUT2D eigenvalue weighted by Gasteiger charge is 2.38. The van der Waals surface area contributed by atoms with E-state index in [1.165, 1.54) is 41.0 Å². The van der Waals surface area contributed by atoms with Crippen LogP contribution in [0.1, 0.15) is 88.8 Å². The van der Waals surface area contributed by atoms with E-state index in [2.05, 4.69) is 33.2 Å². The number of thiazole rings is 1. The van der Waals surface area contributed by atoms with Crippen LogP contribution in [-0.2, 0) is 25.7 Å². The minimum Gasteiger partial charge on any atom is -0.351 e. The predicted octanol–water partition coefficient (Wildman–Crippen LogP) is 3.20. The van der Waals surface area contributed by atoms with Crippen molar-refractivity contribution in [3.8, 4) is 0 Å². The van der Waals surface area contributed by atoms with E-state index in [0.29, 0.717) is 22.5 Å². The summed E-state index contributed by atoms with van der Waals surface area (Å²) in [6.45, 7) is 8.99. The first kappa shape index (κ1) is 35.0. The number of ketones is 1. The first-order chi connectivity index (χ1) is 22.7. The van der Waals surface area contributed by atoms with Gasteiger partial charge in [-0.05, 0) is 83.3 Å². The van der Waals surface area contributed by atoms with Gasteiger partial charge in [0.1, 0.15) is 24.0 Å². The smallest absolute Gasteiger partial charge is 0.287 e. The Labute approximate surface area is 283 Å². The van der Waals surface area contributed by atoms with Crippen LogP contribution in [0.4, 0.5) is 5.69 Å². The highest BCUT2D eigenvalue weighted by atomic mass is 32.1. The number of imidazole rings is 1. The largest absolute Gasteiger partial charge is 0.351 e. The van der Waals surface area contributed by atoms with E-state index < -0.39 is 40.6 Å². The van der Waals surface area contributed by atoms with Crippen LogP contribution in [0.5, 0.6) is 0 Å². The van der Waals surface area contributed by atoms with Gasteiger partial charge in [0.2, 0.25) is 17.6 Å². The fourth-order valence-electron chi connectivity index (χ4n) is 6.99. The Bertz CT molecular complexity index is 1770. The Balaban J connectivity index is 1.28. The summed E-state index contributed by atoms with van der Waals surface area (Å²) < 4.78 is 2.84. The zero-order valence-electron chi connectivity index (χ0n) is 28.1. The molecular weight excluding hydrogens is 634 g/mol. The van der Waals surface area contributed by atoms with Crippen molar-refractivity contribution in [2.24, 2.45) is 17.8 Å². The number of Topliss-reactive ketones (excluding diaryl/α,β-unsaturated/α-hetero) is 1. The van der Waals surface area contributed by atoms with Gasteiger partial charge in [0.15, 0.2) is 4.96 Å². The number of amides is 4. The molecule has 2 aliphatic rings. The van der Waals surface area contributed by atoms with Gasteiger partial charge in [-0.3, -0.25) is 33.2 Å². The molecule has 4 unspecified atom stereocenters. The number of fused-ring (bicyclic) bond motifs is 3. The summed E-state index contributed by atoms with van der Waals surface area (Å²) in [6, 6.07) is 1.77. The summed E-state index contributed by atoms with van der Waals surface area (Å²) in [7, 11) is 0. The quantitative estimate of drug-likeness (QED) is 0.225. The first-order valence-corrected chi connectivity index (χ1v) is 17.5. The average Bonchev–Trinajstić information content (AvgIpc) is 3.57. The van der Waals surface area contributed by atoms with E-state index in [1.807, 2.05) is 0 Å². The minimum absolute atomic E-state index is 0.0703. The molecule has 14 heteroatoms. The maximum Gasteiger partial charge on any atom is 0.287 e. The Kier molecular flexibility index (Phi) is 10.5. The number of pyridine rings is 1. The van der Waals surface area contributed by atoms with Gasteiger partial charge in [0, 0.05) is 35.8 Å². The first-order valence-electron chi connectivity index (χ1n) is 16.6. The number of aromatic nitrogens is 3. The monoisotopic (exact) mass is 679 g/mol. The molecule has 2 bridgehead atoms. The van der Waals surface area contributed by atoms with E-state index >= 15 is 0 Å². The summed E-state index contributed by atoms with van der Waals surface area (Å²) in [5.74, 6) is -1.61. The highest BCUT2D eigenvalue weighted by Crippen LogP contribution is 2.42. The molecule has 2 aliphatic carbocycles. The summed E-state index contributed by atoms with van der Waals surface area (Å²) in [6.07, 6.45) is 8.39. The van der Waals surface area contributed by atoms with Gasteiger partial charge in [-0.15, -0.1) is 11.3 Å². The van der Waals surface area contributed by atoms with Crippen LogP contribution in [0.25, 0.3) is 4.96 Å². The number of carbonyl (C=O) groups excluding carboxylic acids is 5. The third kappa shape index (κ3) is 8.38. The van der Waals surface area contributed by atoms with Gasteiger partial charge in [-0.25, -0.2) is 4.98 Å². The Morgan fingerprint density at radius 1 is 1.12 bits per heavy atom. The molecule has 4 amide bonds. The molecule has 0 radical (unpaired) electrons. The van der Waals surface area contributed by atoms with Gasteiger partial charge in [0.05, 0.1) is 5.69 Å². The van der Waals surface area contributed by atoms with Gasteiger partial charge >= 0.3 is 0 Å². The number of aryl methyl sites for hydroxylation is 1. The predicted molar refractivity (Wildman–Crippen MR) is 182 cm³/mol. The lowest BCUT2D eigenvalue weighted by Gasteiger charge is -2.44. The van der Waals surface area contributed by atoms with Crippen LogP contribution < -0.4 is 26.8 Å². The van der Waals surface area contributed by atoms with Gasteiger partial charge in [0.25, 0.3) is 17.4 Å². The molecule has 3 aromatic heterocycles. The zero-order chi connectivity index (χ0) is 34.7. The molecule has 3 aromatic rings. The molecule has 4 N–H and O–H groups in total.